The number of para-hydroxylation sites is 1. The second-order valence-electron chi connectivity index (χ2n) is 7.91. The molecular formula is C21H33N3O2. The molecule has 0 spiro atoms. The Morgan fingerprint density at radius 2 is 1.81 bits per heavy atom. The second kappa shape index (κ2) is 8.87. The number of nitrogens with two attached hydrogens (primary N) is 1. The SMILES string of the molecule is COc1ccccc1CN1CCN(C(=O)CC2(CN)CCCCC2)CC1. The molecule has 0 atom stereocenters. The quantitative estimate of drug-likeness (QED) is 0.848. The fourth-order valence-corrected chi connectivity index (χ4v) is 4.42. The highest BCUT2D eigenvalue weighted by Gasteiger charge is 2.35. The van der Waals surface area contributed by atoms with E-state index in [4.69, 9.17) is 10.5 Å². The molecule has 1 saturated carbocycles. The van der Waals surface area contributed by atoms with Crippen molar-refractivity contribution in [2.75, 3.05) is 39.8 Å². The van der Waals surface area contributed by atoms with E-state index < -0.39 is 0 Å². The highest BCUT2D eigenvalue weighted by molar-refractivity contribution is 5.77. The monoisotopic (exact) mass is 359 g/mol. The van der Waals surface area contributed by atoms with Crippen LogP contribution < -0.4 is 10.5 Å². The van der Waals surface area contributed by atoms with Crippen molar-refractivity contribution in [3.63, 3.8) is 0 Å². The molecule has 1 amide bonds. The fourth-order valence-electron chi connectivity index (χ4n) is 4.42. The first-order valence-corrected chi connectivity index (χ1v) is 9.98. The van der Waals surface area contributed by atoms with Crippen LogP contribution in [0.3, 0.4) is 0 Å². The number of hydrogen-bond acceptors (Lipinski definition) is 4. The van der Waals surface area contributed by atoms with Crippen molar-refractivity contribution in [1.29, 1.82) is 0 Å². The summed E-state index contributed by atoms with van der Waals surface area (Å²) in [5.74, 6) is 1.24. The highest BCUT2D eigenvalue weighted by Crippen LogP contribution is 2.38. The van der Waals surface area contributed by atoms with Gasteiger partial charge >= 0.3 is 0 Å². The molecule has 0 aromatic heterocycles. The van der Waals surface area contributed by atoms with Crippen molar-refractivity contribution in [3.05, 3.63) is 29.8 Å². The standard InChI is InChI=1S/C21H33N3O2/c1-26-19-8-4-3-7-18(19)16-23-11-13-24(14-12-23)20(25)15-21(17-22)9-5-2-6-10-21/h3-4,7-8H,2,5-6,9-17,22H2,1H3. The van der Waals surface area contributed by atoms with Gasteiger partial charge in [0, 0.05) is 44.7 Å². The molecule has 26 heavy (non-hydrogen) atoms. The van der Waals surface area contributed by atoms with Crippen LogP contribution in [-0.2, 0) is 11.3 Å². The number of amides is 1. The van der Waals surface area contributed by atoms with E-state index in [1.165, 1.54) is 24.8 Å². The third-order valence-electron chi connectivity index (χ3n) is 6.18. The maximum absolute atomic E-state index is 12.8. The number of carbonyl (C=O) groups excluding carboxylic acids is 1. The molecule has 1 aliphatic heterocycles. The molecule has 3 rings (SSSR count). The third kappa shape index (κ3) is 4.57. The summed E-state index contributed by atoms with van der Waals surface area (Å²) in [6.07, 6.45) is 6.59. The predicted molar refractivity (Wildman–Crippen MR) is 104 cm³/mol. The minimum absolute atomic E-state index is 0.0594. The Labute approximate surface area is 157 Å². The van der Waals surface area contributed by atoms with Crippen LogP contribution >= 0.6 is 0 Å². The largest absolute Gasteiger partial charge is 0.496 e. The van der Waals surface area contributed by atoms with E-state index in [0.29, 0.717) is 18.9 Å². The summed E-state index contributed by atoms with van der Waals surface area (Å²) >= 11 is 0. The van der Waals surface area contributed by atoms with E-state index in [9.17, 15) is 4.79 Å². The zero-order valence-corrected chi connectivity index (χ0v) is 16.1. The van der Waals surface area contributed by atoms with Gasteiger partial charge < -0.3 is 15.4 Å². The molecule has 1 aromatic rings. The molecule has 2 aliphatic rings. The second-order valence-corrected chi connectivity index (χ2v) is 7.91. The zero-order chi connectivity index (χ0) is 18.4. The van der Waals surface area contributed by atoms with E-state index in [2.05, 4.69) is 11.0 Å². The Hall–Kier alpha value is -1.59. The van der Waals surface area contributed by atoms with Gasteiger partial charge in [0.25, 0.3) is 0 Å². The molecule has 0 radical (unpaired) electrons. The number of carbonyl (C=O) groups is 1. The Morgan fingerprint density at radius 3 is 2.46 bits per heavy atom. The molecule has 144 valence electrons. The number of piperazine rings is 1. The Kier molecular flexibility index (Phi) is 6.54. The molecule has 0 unspecified atom stereocenters. The number of ether oxygens (including phenoxy) is 1. The maximum atomic E-state index is 12.8. The summed E-state index contributed by atoms with van der Waals surface area (Å²) in [4.78, 5) is 17.3. The molecule has 2 N–H and O–H groups in total. The lowest BCUT2D eigenvalue weighted by molar-refractivity contribution is -0.136. The van der Waals surface area contributed by atoms with Crippen molar-refractivity contribution in [3.8, 4) is 5.75 Å². The average molecular weight is 360 g/mol. The minimum Gasteiger partial charge on any atom is -0.496 e. The molecule has 1 saturated heterocycles. The van der Waals surface area contributed by atoms with Crippen LogP contribution in [0.15, 0.2) is 24.3 Å². The smallest absolute Gasteiger partial charge is 0.223 e. The third-order valence-corrected chi connectivity index (χ3v) is 6.18. The van der Waals surface area contributed by atoms with Gasteiger partial charge in [0.1, 0.15) is 5.75 Å². The van der Waals surface area contributed by atoms with Crippen LogP contribution in [0.4, 0.5) is 0 Å². The van der Waals surface area contributed by atoms with Crippen molar-refractivity contribution < 1.29 is 9.53 Å². The number of rotatable bonds is 6. The first-order chi connectivity index (χ1) is 12.7. The van der Waals surface area contributed by atoms with Crippen LogP contribution in [0.1, 0.15) is 44.1 Å². The van der Waals surface area contributed by atoms with Gasteiger partial charge in [-0.1, -0.05) is 37.5 Å². The molecule has 5 nitrogen and oxygen atoms in total. The lowest BCUT2D eigenvalue weighted by atomic mass is 9.71. The number of nitrogens with zero attached hydrogens (tertiary/aromatic N) is 2. The summed E-state index contributed by atoms with van der Waals surface area (Å²) in [5.41, 5.74) is 7.33. The van der Waals surface area contributed by atoms with Crippen LogP contribution in [-0.4, -0.2) is 55.5 Å². The van der Waals surface area contributed by atoms with E-state index in [1.807, 2.05) is 23.1 Å². The van der Waals surface area contributed by atoms with Gasteiger partial charge in [-0.3, -0.25) is 9.69 Å². The Morgan fingerprint density at radius 1 is 1.12 bits per heavy atom. The maximum Gasteiger partial charge on any atom is 0.223 e. The Bertz CT molecular complexity index is 591. The first-order valence-electron chi connectivity index (χ1n) is 9.98. The average Bonchev–Trinajstić information content (AvgIpc) is 2.69. The summed E-state index contributed by atoms with van der Waals surface area (Å²) in [7, 11) is 1.72. The minimum atomic E-state index is 0.0594. The molecule has 5 heteroatoms. The van der Waals surface area contributed by atoms with Gasteiger partial charge in [-0.25, -0.2) is 0 Å². The Balaban J connectivity index is 1.50. The highest BCUT2D eigenvalue weighted by atomic mass is 16.5. The van der Waals surface area contributed by atoms with Gasteiger partial charge in [0.05, 0.1) is 7.11 Å². The topological polar surface area (TPSA) is 58.8 Å². The number of benzene rings is 1. The van der Waals surface area contributed by atoms with Crippen LogP contribution in [0.25, 0.3) is 0 Å². The molecule has 1 heterocycles. The zero-order valence-electron chi connectivity index (χ0n) is 16.1. The van der Waals surface area contributed by atoms with E-state index in [0.717, 1.165) is 51.3 Å². The van der Waals surface area contributed by atoms with E-state index in [-0.39, 0.29) is 5.41 Å². The molecule has 1 aliphatic carbocycles. The predicted octanol–water partition coefficient (Wildman–Crippen LogP) is 2.64. The normalized spacial score (nSPS) is 20.8. The van der Waals surface area contributed by atoms with Crippen molar-refractivity contribution in [2.45, 2.75) is 45.1 Å². The van der Waals surface area contributed by atoms with Crippen LogP contribution in [0.5, 0.6) is 5.75 Å². The fraction of sp³-hybridized carbons (Fsp3) is 0.667. The molecule has 2 fully saturated rings. The molecular weight excluding hydrogens is 326 g/mol. The lowest BCUT2D eigenvalue weighted by Gasteiger charge is -2.39. The van der Waals surface area contributed by atoms with Crippen molar-refractivity contribution >= 4 is 5.91 Å². The van der Waals surface area contributed by atoms with Gasteiger partial charge in [0.15, 0.2) is 0 Å². The van der Waals surface area contributed by atoms with E-state index >= 15 is 0 Å². The molecule has 0 bridgehead atoms. The van der Waals surface area contributed by atoms with Gasteiger partial charge in [-0.15, -0.1) is 0 Å². The number of methoxy groups -OCH3 is 1. The van der Waals surface area contributed by atoms with E-state index in [1.54, 1.807) is 7.11 Å². The summed E-state index contributed by atoms with van der Waals surface area (Å²) < 4.78 is 5.45. The van der Waals surface area contributed by atoms with Crippen molar-refractivity contribution in [1.82, 2.24) is 9.80 Å². The lowest BCUT2D eigenvalue weighted by Crippen LogP contribution is -2.50. The molecule has 1 aromatic carbocycles. The van der Waals surface area contributed by atoms with Gasteiger partial charge in [0.2, 0.25) is 5.91 Å². The first kappa shape index (κ1) is 19.2. The van der Waals surface area contributed by atoms with Gasteiger partial charge in [-0.2, -0.15) is 0 Å². The summed E-state index contributed by atoms with van der Waals surface area (Å²) in [6.45, 7) is 4.98. The number of hydrogen-bond donors (Lipinski definition) is 1. The summed E-state index contributed by atoms with van der Waals surface area (Å²) in [5, 5.41) is 0. The van der Waals surface area contributed by atoms with Crippen LogP contribution in [0, 0.1) is 5.41 Å². The van der Waals surface area contributed by atoms with Gasteiger partial charge in [-0.05, 0) is 30.9 Å². The summed E-state index contributed by atoms with van der Waals surface area (Å²) in [6, 6.07) is 8.17. The van der Waals surface area contributed by atoms with Crippen LogP contribution in [0.2, 0.25) is 0 Å². The van der Waals surface area contributed by atoms with Crippen molar-refractivity contribution in [2.24, 2.45) is 11.1 Å².